The quantitative estimate of drug-likeness (QED) is 0.720. The standard InChI is InChI=1S/C15H22BrNO3/c1-14(2,3)10-7-9(16)8-11(12(10)18)17-13(19)20-15(4,5)6/h7-8,18H,1-6H3,(H,17,19). The number of anilines is 1. The Balaban J connectivity index is 3.08. The van der Waals surface area contributed by atoms with Gasteiger partial charge in [-0.15, -0.1) is 0 Å². The maximum absolute atomic E-state index is 11.8. The molecule has 0 heterocycles. The highest BCUT2D eigenvalue weighted by Crippen LogP contribution is 2.38. The molecule has 0 fully saturated rings. The summed E-state index contributed by atoms with van der Waals surface area (Å²) in [6, 6.07) is 3.49. The third-order valence-corrected chi connectivity index (χ3v) is 2.98. The predicted octanol–water partition coefficient (Wildman–Crippen LogP) is 4.80. The van der Waals surface area contributed by atoms with E-state index in [9.17, 15) is 9.90 Å². The van der Waals surface area contributed by atoms with Crippen LogP contribution in [0.4, 0.5) is 10.5 Å². The molecule has 0 spiro atoms. The second-order valence-corrected chi connectivity index (χ2v) is 7.64. The van der Waals surface area contributed by atoms with E-state index in [1.54, 1.807) is 26.8 Å². The number of carbonyl (C=O) groups excluding carboxylic acids is 1. The molecule has 0 aromatic heterocycles. The van der Waals surface area contributed by atoms with E-state index in [1.165, 1.54) is 0 Å². The van der Waals surface area contributed by atoms with Gasteiger partial charge in [0.25, 0.3) is 0 Å². The van der Waals surface area contributed by atoms with Crippen LogP contribution in [-0.2, 0) is 10.2 Å². The topological polar surface area (TPSA) is 58.6 Å². The zero-order valence-corrected chi connectivity index (χ0v) is 14.4. The van der Waals surface area contributed by atoms with E-state index >= 15 is 0 Å². The Hall–Kier alpha value is -1.23. The average molecular weight is 344 g/mol. The molecular formula is C15H22BrNO3. The zero-order chi connectivity index (χ0) is 15.7. The number of rotatable bonds is 1. The first-order chi connectivity index (χ1) is 8.90. The van der Waals surface area contributed by atoms with Crippen LogP contribution in [0.15, 0.2) is 16.6 Å². The third-order valence-electron chi connectivity index (χ3n) is 2.52. The van der Waals surface area contributed by atoms with Gasteiger partial charge in [0.05, 0.1) is 5.69 Å². The SMILES string of the molecule is CC(C)(C)OC(=O)Nc1cc(Br)cc(C(C)(C)C)c1O. The molecule has 1 aromatic carbocycles. The van der Waals surface area contributed by atoms with Crippen molar-refractivity contribution in [2.75, 3.05) is 5.32 Å². The van der Waals surface area contributed by atoms with E-state index in [0.717, 1.165) is 10.0 Å². The monoisotopic (exact) mass is 343 g/mol. The molecule has 2 N–H and O–H groups in total. The van der Waals surface area contributed by atoms with Crippen molar-refractivity contribution in [1.82, 2.24) is 0 Å². The summed E-state index contributed by atoms with van der Waals surface area (Å²) in [6.45, 7) is 11.3. The van der Waals surface area contributed by atoms with E-state index < -0.39 is 11.7 Å². The summed E-state index contributed by atoms with van der Waals surface area (Å²) in [5.74, 6) is 0.0616. The number of phenolic OH excluding ortho intramolecular Hbond substituents is 1. The van der Waals surface area contributed by atoms with Crippen LogP contribution in [-0.4, -0.2) is 16.8 Å². The molecule has 112 valence electrons. The van der Waals surface area contributed by atoms with E-state index in [0.29, 0.717) is 5.69 Å². The van der Waals surface area contributed by atoms with Gasteiger partial charge in [-0.05, 0) is 38.3 Å². The number of amides is 1. The van der Waals surface area contributed by atoms with Crippen LogP contribution in [0.25, 0.3) is 0 Å². The number of aromatic hydroxyl groups is 1. The van der Waals surface area contributed by atoms with Gasteiger partial charge in [-0.3, -0.25) is 5.32 Å². The van der Waals surface area contributed by atoms with Crippen molar-refractivity contribution in [3.05, 3.63) is 22.2 Å². The summed E-state index contributed by atoms with van der Waals surface area (Å²) in [5, 5.41) is 12.9. The van der Waals surface area contributed by atoms with Gasteiger partial charge in [0.1, 0.15) is 11.4 Å². The van der Waals surface area contributed by atoms with Crippen LogP contribution < -0.4 is 5.32 Å². The van der Waals surface area contributed by atoms with Gasteiger partial charge in [-0.25, -0.2) is 4.79 Å². The second-order valence-electron chi connectivity index (χ2n) is 6.73. The van der Waals surface area contributed by atoms with Gasteiger partial charge < -0.3 is 9.84 Å². The Morgan fingerprint density at radius 3 is 2.20 bits per heavy atom. The normalized spacial score (nSPS) is 12.2. The summed E-state index contributed by atoms with van der Waals surface area (Å²) < 4.78 is 5.97. The Morgan fingerprint density at radius 1 is 1.20 bits per heavy atom. The molecule has 1 amide bonds. The van der Waals surface area contributed by atoms with Crippen molar-refractivity contribution in [3.8, 4) is 5.75 Å². The van der Waals surface area contributed by atoms with Gasteiger partial charge >= 0.3 is 6.09 Å². The summed E-state index contributed by atoms with van der Waals surface area (Å²) in [6.07, 6.45) is -0.592. The minimum absolute atomic E-state index is 0.0616. The molecule has 4 nitrogen and oxygen atoms in total. The van der Waals surface area contributed by atoms with E-state index in [1.807, 2.05) is 26.8 Å². The largest absolute Gasteiger partial charge is 0.505 e. The fraction of sp³-hybridized carbons (Fsp3) is 0.533. The molecule has 0 aliphatic rings. The summed E-state index contributed by atoms with van der Waals surface area (Å²) >= 11 is 3.39. The first-order valence-corrected chi connectivity index (χ1v) is 7.22. The molecule has 5 heteroatoms. The molecule has 1 aromatic rings. The van der Waals surface area contributed by atoms with E-state index in [2.05, 4.69) is 21.2 Å². The molecule has 0 bridgehead atoms. The van der Waals surface area contributed by atoms with Crippen molar-refractivity contribution in [3.63, 3.8) is 0 Å². The van der Waals surface area contributed by atoms with Crippen LogP contribution in [0.5, 0.6) is 5.75 Å². The van der Waals surface area contributed by atoms with Crippen molar-refractivity contribution < 1.29 is 14.6 Å². The first kappa shape index (κ1) is 16.8. The van der Waals surface area contributed by atoms with Gasteiger partial charge in [-0.1, -0.05) is 36.7 Å². The summed E-state index contributed by atoms with van der Waals surface area (Å²) in [5.41, 5.74) is 0.257. The molecule has 0 saturated carbocycles. The molecule has 0 atom stereocenters. The molecule has 0 aliphatic carbocycles. The Morgan fingerprint density at radius 2 is 1.75 bits per heavy atom. The van der Waals surface area contributed by atoms with Crippen LogP contribution in [0.3, 0.4) is 0 Å². The van der Waals surface area contributed by atoms with Gasteiger partial charge in [0.2, 0.25) is 0 Å². The highest BCUT2D eigenvalue weighted by molar-refractivity contribution is 9.10. The van der Waals surface area contributed by atoms with Gasteiger partial charge in [0, 0.05) is 10.0 Å². The lowest BCUT2D eigenvalue weighted by atomic mass is 9.86. The Bertz CT molecular complexity index is 513. The van der Waals surface area contributed by atoms with Gasteiger partial charge in [0.15, 0.2) is 0 Å². The average Bonchev–Trinajstić information content (AvgIpc) is 2.18. The first-order valence-electron chi connectivity index (χ1n) is 6.43. The predicted molar refractivity (Wildman–Crippen MR) is 84.4 cm³/mol. The zero-order valence-electron chi connectivity index (χ0n) is 12.8. The third kappa shape index (κ3) is 4.71. The molecule has 0 radical (unpaired) electrons. The van der Waals surface area contributed by atoms with E-state index in [-0.39, 0.29) is 11.2 Å². The van der Waals surface area contributed by atoms with Crippen LogP contribution in [0.1, 0.15) is 47.1 Å². The number of nitrogens with one attached hydrogen (secondary N) is 1. The lowest BCUT2D eigenvalue weighted by molar-refractivity contribution is 0.0635. The smallest absolute Gasteiger partial charge is 0.412 e. The number of carbonyl (C=O) groups is 1. The molecular weight excluding hydrogens is 322 g/mol. The lowest BCUT2D eigenvalue weighted by Crippen LogP contribution is -2.27. The minimum atomic E-state index is -0.592. The van der Waals surface area contributed by atoms with Crippen molar-refractivity contribution in [1.29, 1.82) is 0 Å². The lowest BCUT2D eigenvalue weighted by Gasteiger charge is -2.24. The molecule has 0 unspecified atom stereocenters. The molecule has 0 saturated heterocycles. The van der Waals surface area contributed by atoms with Crippen molar-refractivity contribution >= 4 is 27.7 Å². The number of benzene rings is 1. The van der Waals surface area contributed by atoms with Crippen LogP contribution in [0.2, 0.25) is 0 Å². The Kier molecular flexibility index (Phi) is 4.74. The highest BCUT2D eigenvalue weighted by Gasteiger charge is 2.23. The van der Waals surface area contributed by atoms with E-state index in [4.69, 9.17) is 4.74 Å². The Labute approximate surface area is 128 Å². The van der Waals surface area contributed by atoms with Crippen LogP contribution in [0, 0.1) is 0 Å². The summed E-state index contributed by atoms with van der Waals surface area (Å²) in [7, 11) is 0. The maximum atomic E-state index is 11.8. The number of hydrogen-bond acceptors (Lipinski definition) is 3. The molecule has 0 aliphatic heterocycles. The second kappa shape index (κ2) is 5.64. The fourth-order valence-corrected chi connectivity index (χ4v) is 2.14. The van der Waals surface area contributed by atoms with Crippen molar-refractivity contribution in [2.45, 2.75) is 52.6 Å². The number of halogens is 1. The number of hydrogen-bond donors (Lipinski definition) is 2. The highest BCUT2D eigenvalue weighted by atomic mass is 79.9. The molecule has 20 heavy (non-hydrogen) atoms. The minimum Gasteiger partial charge on any atom is -0.505 e. The maximum Gasteiger partial charge on any atom is 0.412 e. The summed E-state index contributed by atoms with van der Waals surface area (Å²) in [4.78, 5) is 11.8. The molecule has 1 rings (SSSR count). The fourth-order valence-electron chi connectivity index (χ4n) is 1.68. The number of ether oxygens (including phenoxy) is 1. The van der Waals surface area contributed by atoms with Gasteiger partial charge in [-0.2, -0.15) is 0 Å². The van der Waals surface area contributed by atoms with Crippen LogP contribution >= 0.6 is 15.9 Å². The number of phenols is 1. The van der Waals surface area contributed by atoms with Crippen molar-refractivity contribution in [2.24, 2.45) is 0 Å².